The van der Waals surface area contributed by atoms with Gasteiger partial charge in [0.2, 0.25) is 0 Å². The summed E-state index contributed by atoms with van der Waals surface area (Å²) in [6.45, 7) is 3.03. The fourth-order valence-corrected chi connectivity index (χ4v) is 4.59. The lowest BCUT2D eigenvalue weighted by Crippen LogP contribution is -2.47. The quantitative estimate of drug-likeness (QED) is 0.812. The van der Waals surface area contributed by atoms with Crippen LogP contribution in [0.1, 0.15) is 10.4 Å². The number of nitrogens with zero attached hydrogens (tertiary/aromatic N) is 2. The molecule has 0 radical (unpaired) electrons. The molecule has 1 N–H and O–H groups in total. The van der Waals surface area contributed by atoms with Gasteiger partial charge in [-0.05, 0) is 49.5 Å². The number of piperazine rings is 1. The first-order valence-electron chi connectivity index (χ1n) is 8.32. The van der Waals surface area contributed by atoms with Gasteiger partial charge in [0.25, 0.3) is 15.9 Å². The average molecular weight is 428 g/mol. The number of nitrogens with one attached hydrogen (secondary N) is 1. The zero-order valence-corrected chi connectivity index (χ0v) is 17.0. The van der Waals surface area contributed by atoms with Crippen LogP contribution in [-0.2, 0) is 10.0 Å². The molecule has 6 nitrogen and oxygen atoms in total. The van der Waals surface area contributed by atoms with Crippen LogP contribution in [0.25, 0.3) is 0 Å². The molecule has 0 atom stereocenters. The van der Waals surface area contributed by atoms with Crippen LogP contribution in [0.2, 0.25) is 10.0 Å². The maximum Gasteiger partial charge on any atom is 0.263 e. The predicted octanol–water partition coefficient (Wildman–Crippen LogP) is 3.18. The van der Waals surface area contributed by atoms with Crippen molar-refractivity contribution in [2.24, 2.45) is 0 Å². The minimum atomic E-state index is -3.89. The van der Waals surface area contributed by atoms with Gasteiger partial charge in [0.1, 0.15) is 4.90 Å². The third-order valence-electron chi connectivity index (χ3n) is 4.36. The van der Waals surface area contributed by atoms with E-state index >= 15 is 0 Å². The molecule has 0 aromatic heterocycles. The van der Waals surface area contributed by atoms with Crippen molar-refractivity contribution in [3.63, 3.8) is 0 Å². The normalized spacial score (nSPS) is 15.6. The molecule has 1 amide bonds. The molecule has 1 heterocycles. The predicted molar refractivity (Wildman–Crippen MR) is 107 cm³/mol. The maximum atomic E-state index is 12.5. The van der Waals surface area contributed by atoms with Gasteiger partial charge in [0, 0.05) is 42.5 Å². The summed E-state index contributed by atoms with van der Waals surface area (Å²) in [5, 5.41) is 0.349. The van der Waals surface area contributed by atoms with Crippen LogP contribution >= 0.6 is 23.2 Å². The zero-order valence-electron chi connectivity index (χ0n) is 14.7. The van der Waals surface area contributed by atoms with Gasteiger partial charge in [-0.15, -0.1) is 0 Å². The SMILES string of the molecule is CN1CCN(C(=O)c2ccc(NS(=O)(=O)c3cc(Cl)ccc3Cl)cc2)CC1. The molecule has 3 rings (SSSR count). The summed E-state index contributed by atoms with van der Waals surface area (Å²) < 4.78 is 27.5. The van der Waals surface area contributed by atoms with Crippen molar-refractivity contribution < 1.29 is 13.2 Å². The van der Waals surface area contributed by atoms with E-state index in [2.05, 4.69) is 9.62 Å². The Kier molecular flexibility index (Phi) is 5.95. The largest absolute Gasteiger partial charge is 0.336 e. The van der Waals surface area contributed by atoms with Crippen LogP contribution in [0.15, 0.2) is 47.4 Å². The molecule has 0 bridgehead atoms. The average Bonchev–Trinajstić information content (AvgIpc) is 2.64. The standard InChI is InChI=1S/C18H19Cl2N3O3S/c1-22-8-10-23(11-9-22)18(24)13-2-5-15(6-3-13)21-27(25,26)17-12-14(19)4-7-16(17)20/h2-7,12,21H,8-11H2,1H3. The van der Waals surface area contributed by atoms with Crippen molar-refractivity contribution in [3.05, 3.63) is 58.1 Å². The van der Waals surface area contributed by atoms with Crippen molar-refractivity contribution in [1.29, 1.82) is 0 Å². The number of anilines is 1. The Morgan fingerprint density at radius 3 is 2.26 bits per heavy atom. The fraction of sp³-hybridized carbons (Fsp3) is 0.278. The van der Waals surface area contributed by atoms with Gasteiger partial charge in [0.15, 0.2) is 0 Å². The molecule has 0 saturated carbocycles. The fourth-order valence-electron chi connectivity index (χ4n) is 2.77. The number of hydrogen-bond acceptors (Lipinski definition) is 4. The molecule has 9 heteroatoms. The van der Waals surface area contributed by atoms with Gasteiger partial charge in [0.05, 0.1) is 5.02 Å². The molecule has 1 aliphatic rings. The molecule has 1 fully saturated rings. The maximum absolute atomic E-state index is 12.5. The highest BCUT2D eigenvalue weighted by atomic mass is 35.5. The first-order chi connectivity index (χ1) is 12.8. The molecule has 0 aliphatic carbocycles. The van der Waals surface area contributed by atoms with Crippen molar-refractivity contribution in [2.45, 2.75) is 4.90 Å². The van der Waals surface area contributed by atoms with E-state index in [1.165, 1.54) is 18.2 Å². The second-order valence-corrected chi connectivity index (χ2v) is 8.85. The summed E-state index contributed by atoms with van der Waals surface area (Å²) in [5.74, 6) is -0.0598. The van der Waals surface area contributed by atoms with Crippen LogP contribution in [-0.4, -0.2) is 57.4 Å². The van der Waals surface area contributed by atoms with E-state index < -0.39 is 10.0 Å². The van der Waals surface area contributed by atoms with Crippen LogP contribution in [0.5, 0.6) is 0 Å². The van der Waals surface area contributed by atoms with E-state index in [0.29, 0.717) is 24.3 Å². The number of hydrogen-bond donors (Lipinski definition) is 1. The number of carbonyl (C=O) groups is 1. The number of amides is 1. The second kappa shape index (κ2) is 8.06. The molecular weight excluding hydrogens is 409 g/mol. The minimum Gasteiger partial charge on any atom is -0.336 e. The summed E-state index contributed by atoms with van der Waals surface area (Å²) in [6.07, 6.45) is 0. The topological polar surface area (TPSA) is 69.7 Å². The Bertz CT molecular complexity index is 941. The lowest BCUT2D eigenvalue weighted by atomic mass is 10.1. The third kappa shape index (κ3) is 4.73. The second-order valence-electron chi connectivity index (χ2n) is 6.35. The Morgan fingerprint density at radius 1 is 1.00 bits per heavy atom. The third-order valence-corrected chi connectivity index (χ3v) is 6.46. The highest BCUT2D eigenvalue weighted by molar-refractivity contribution is 7.92. The first-order valence-corrected chi connectivity index (χ1v) is 10.6. The first kappa shape index (κ1) is 19.9. The van der Waals surface area contributed by atoms with E-state index in [9.17, 15) is 13.2 Å². The number of carbonyl (C=O) groups excluding carboxylic acids is 1. The molecule has 1 saturated heterocycles. The summed E-state index contributed by atoms with van der Waals surface area (Å²) in [6, 6.07) is 10.6. The molecule has 144 valence electrons. The Morgan fingerprint density at radius 2 is 1.63 bits per heavy atom. The van der Waals surface area contributed by atoms with Crippen LogP contribution < -0.4 is 4.72 Å². The molecule has 27 heavy (non-hydrogen) atoms. The summed E-state index contributed by atoms with van der Waals surface area (Å²) in [5.41, 5.74) is 0.851. The van der Waals surface area contributed by atoms with Crippen LogP contribution in [0, 0.1) is 0 Å². The minimum absolute atomic E-state index is 0.0598. The number of benzene rings is 2. The summed E-state index contributed by atoms with van der Waals surface area (Å²) in [7, 11) is -1.87. The lowest BCUT2D eigenvalue weighted by molar-refractivity contribution is 0.0664. The smallest absolute Gasteiger partial charge is 0.263 e. The van der Waals surface area contributed by atoms with Crippen molar-refractivity contribution in [2.75, 3.05) is 37.9 Å². The van der Waals surface area contributed by atoms with E-state index in [1.54, 1.807) is 29.2 Å². The molecule has 2 aromatic rings. The van der Waals surface area contributed by atoms with E-state index in [1.807, 2.05) is 7.05 Å². The van der Waals surface area contributed by atoms with E-state index in [4.69, 9.17) is 23.2 Å². The van der Waals surface area contributed by atoms with Gasteiger partial charge >= 0.3 is 0 Å². The molecule has 0 unspecified atom stereocenters. The van der Waals surface area contributed by atoms with Crippen molar-refractivity contribution >= 4 is 44.8 Å². The van der Waals surface area contributed by atoms with Crippen molar-refractivity contribution in [1.82, 2.24) is 9.80 Å². The van der Waals surface area contributed by atoms with Gasteiger partial charge < -0.3 is 9.80 Å². The highest BCUT2D eigenvalue weighted by Gasteiger charge is 2.21. The lowest BCUT2D eigenvalue weighted by Gasteiger charge is -2.32. The van der Waals surface area contributed by atoms with Gasteiger partial charge in [-0.1, -0.05) is 23.2 Å². The number of likely N-dealkylation sites (N-methyl/N-ethyl adjacent to an activating group) is 1. The number of rotatable bonds is 4. The van der Waals surface area contributed by atoms with Gasteiger partial charge in [-0.25, -0.2) is 8.42 Å². The number of sulfonamides is 1. The zero-order chi connectivity index (χ0) is 19.6. The summed E-state index contributed by atoms with van der Waals surface area (Å²) >= 11 is 11.8. The van der Waals surface area contributed by atoms with E-state index in [-0.39, 0.29) is 20.8 Å². The van der Waals surface area contributed by atoms with Crippen LogP contribution in [0.3, 0.4) is 0 Å². The number of halogens is 2. The van der Waals surface area contributed by atoms with E-state index in [0.717, 1.165) is 13.1 Å². The Balaban J connectivity index is 1.74. The molecule has 0 spiro atoms. The van der Waals surface area contributed by atoms with Crippen molar-refractivity contribution in [3.8, 4) is 0 Å². The highest BCUT2D eigenvalue weighted by Crippen LogP contribution is 2.27. The van der Waals surface area contributed by atoms with Crippen LogP contribution in [0.4, 0.5) is 5.69 Å². The Labute approximate surface area is 168 Å². The van der Waals surface area contributed by atoms with Gasteiger partial charge in [-0.3, -0.25) is 9.52 Å². The van der Waals surface area contributed by atoms with Gasteiger partial charge in [-0.2, -0.15) is 0 Å². The monoisotopic (exact) mass is 427 g/mol. The molecule has 2 aromatic carbocycles. The molecule has 1 aliphatic heterocycles. The summed E-state index contributed by atoms with van der Waals surface area (Å²) in [4.78, 5) is 16.4. The Hall–Kier alpha value is -1.80. The molecular formula is C18H19Cl2N3O3S.